The van der Waals surface area contributed by atoms with Gasteiger partial charge in [0.2, 0.25) is 0 Å². The van der Waals surface area contributed by atoms with Crippen LogP contribution in [0.5, 0.6) is 17.2 Å². The van der Waals surface area contributed by atoms with Gasteiger partial charge < -0.3 is 29.2 Å². The molecule has 0 bridgehead atoms. The average Bonchev–Trinajstić information content (AvgIpc) is 3.09. The van der Waals surface area contributed by atoms with Crippen molar-refractivity contribution in [2.45, 2.75) is 25.4 Å². The van der Waals surface area contributed by atoms with E-state index in [0.29, 0.717) is 34.1 Å². The number of esters is 1. The summed E-state index contributed by atoms with van der Waals surface area (Å²) in [6.45, 7) is 3.65. The molecule has 2 aromatic rings. The maximum atomic E-state index is 14.1. The van der Waals surface area contributed by atoms with Crippen molar-refractivity contribution in [3.8, 4) is 17.2 Å². The lowest BCUT2D eigenvalue weighted by Crippen LogP contribution is -2.57. The van der Waals surface area contributed by atoms with Crippen LogP contribution in [0.15, 0.2) is 36.4 Å². The number of carbonyl (C=O) groups is 3. The van der Waals surface area contributed by atoms with Crippen molar-refractivity contribution in [1.29, 1.82) is 0 Å². The Kier molecular flexibility index (Phi) is 5.15. The number of rotatable bonds is 4. The molecule has 0 aromatic heterocycles. The summed E-state index contributed by atoms with van der Waals surface area (Å²) >= 11 is 0. The number of ether oxygens (including phenoxy) is 4. The summed E-state index contributed by atoms with van der Waals surface area (Å²) in [7, 11) is 3.07. The van der Waals surface area contributed by atoms with Crippen LogP contribution < -0.4 is 19.5 Å². The Labute approximate surface area is 196 Å². The van der Waals surface area contributed by atoms with Gasteiger partial charge in [-0.25, -0.2) is 0 Å². The summed E-state index contributed by atoms with van der Waals surface area (Å²) in [6, 6.07) is 9.68. The zero-order valence-electron chi connectivity index (χ0n) is 19.4. The van der Waals surface area contributed by atoms with Gasteiger partial charge in [-0.1, -0.05) is 0 Å². The fourth-order valence-electron chi connectivity index (χ4n) is 5.52. The summed E-state index contributed by atoms with van der Waals surface area (Å²) in [5, 5.41) is 2.87. The minimum atomic E-state index is -1.50. The normalized spacial score (nSPS) is 26.7. The molecule has 5 rings (SSSR count). The molecule has 0 aliphatic carbocycles. The summed E-state index contributed by atoms with van der Waals surface area (Å²) < 4.78 is 22.1. The SMILES string of the molecule is CCOC(=O)C1C2COc3cc(OC)ccc3C2N2C(=O)c3cc(OC)ccc3NC(=O)[C@@]12C. The standard InChI is InChI=1S/C25H26N2O7/c1-5-33-23(29)20-17-12-34-19-11-14(32-4)6-8-15(19)21(17)27-22(28)16-10-13(31-3)7-9-18(16)26-24(30)25(20,27)2/h6-11,17,20-21H,5,12H2,1-4H3,(H,26,30)/t17?,20?,21?,25-/m1/s1. The molecule has 1 N–H and O–H groups in total. The molecule has 9 nitrogen and oxygen atoms in total. The van der Waals surface area contributed by atoms with Crippen LogP contribution in [0.4, 0.5) is 5.69 Å². The quantitative estimate of drug-likeness (QED) is 0.691. The highest BCUT2D eigenvalue weighted by molar-refractivity contribution is 6.13. The lowest BCUT2D eigenvalue weighted by molar-refractivity contribution is -0.155. The first kappa shape index (κ1) is 22.1. The molecule has 0 spiro atoms. The van der Waals surface area contributed by atoms with Crippen LogP contribution in [0.2, 0.25) is 0 Å². The first-order chi connectivity index (χ1) is 16.3. The molecule has 0 saturated carbocycles. The highest BCUT2D eigenvalue weighted by atomic mass is 16.5. The van der Waals surface area contributed by atoms with Crippen molar-refractivity contribution in [3.05, 3.63) is 47.5 Å². The van der Waals surface area contributed by atoms with E-state index in [0.717, 1.165) is 0 Å². The minimum Gasteiger partial charge on any atom is -0.497 e. The third kappa shape index (κ3) is 2.96. The number of methoxy groups -OCH3 is 2. The zero-order valence-corrected chi connectivity index (χ0v) is 19.4. The fraction of sp³-hybridized carbons (Fsp3) is 0.400. The highest BCUT2D eigenvalue weighted by Crippen LogP contribution is 2.57. The second kappa shape index (κ2) is 7.93. The maximum Gasteiger partial charge on any atom is 0.312 e. The molecular weight excluding hydrogens is 440 g/mol. The van der Waals surface area contributed by atoms with Crippen molar-refractivity contribution in [1.82, 2.24) is 4.90 Å². The number of benzene rings is 2. The van der Waals surface area contributed by atoms with Gasteiger partial charge in [0.05, 0.1) is 50.6 Å². The lowest BCUT2D eigenvalue weighted by Gasteiger charge is -2.38. The van der Waals surface area contributed by atoms with E-state index in [1.807, 2.05) is 6.07 Å². The van der Waals surface area contributed by atoms with Gasteiger partial charge in [-0.2, -0.15) is 0 Å². The number of carbonyl (C=O) groups excluding carboxylic acids is 3. The lowest BCUT2D eigenvalue weighted by atomic mass is 9.77. The van der Waals surface area contributed by atoms with Crippen LogP contribution >= 0.6 is 0 Å². The number of amides is 2. The van der Waals surface area contributed by atoms with Crippen LogP contribution in [0.25, 0.3) is 0 Å². The molecule has 0 radical (unpaired) electrons. The highest BCUT2D eigenvalue weighted by Gasteiger charge is 2.67. The Hall–Kier alpha value is -3.75. The molecule has 178 valence electrons. The Bertz CT molecular complexity index is 1200. The zero-order chi connectivity index (χ0) is 24.2. The fourth-order valence-corrected chi connectivity index (χ4v) is 5.52. The van der Waals surface area contributed by atoms with Crippen LogP contribution in [0, 0.1) is 11.8 Å². The second-order valence-electron chi connectivity index (χ2n) is 8.74. The molecule has 4 atom stereocenters. The van der Waals surface area contributed by atoms with E-state index in [1.54, 1.807) is 51.3 Å². The Balaban J connectivity index is 1.73. The van der Waals surface area contributed by atoms with Crippen molar-refractivity contribution >= 4 is 23.5 Å². The molecule has 2 aromatic carbocycles. The molecule has 1 fully saturated rings. The van der Waals surface area contributed by atoms with Gasteiger partial charge in [0.1, 0.15) is 22.8 Å². The first-order valence-corrected chi connectivity index (χ1v) is 11.2. The number of hydrogen-bond acceptors (Lipinski definition) is 7. The summed E-state index contributed by atoms with van der Waals surface area (Å²) in [6.07, 6.45) is 0. The summed E-state index contributed by atoms with van der Waals surface area (Å²) in [4.78, 5) is 42.7. The smallest absolute Gasteiger partial charge is 0.312 e. The van der Waals surface area contributed by atoms with Crippen molar-refractivity contribution in [3.63, 3.8) is 0 Å². The van der Waals surface area contributed by atoms with E-state index in [9.17, 15) is 14.4 Å². The van der Waals surface area contributed by atoms with Crippen LogP contribution in [0.3, 0.4) is 0 Å². The van der Waals surface area contributed by atoms with E-state index < -0.39 is 35.3 Å². The van der Waals surface area contributed by atoms with Crippen molar-refractivity contribution in [2.75, 3.05) is 32.8 Å². The van der Waals surface area contributed by atoms with E-state index >= 15 is 0 Å². The average molecular weight is 466 g/mol. The summed E-state index contributed by atoms with van der Waals surface area (Å²) in [5.41, 5.74) is -0.132. The van der Waals surface area contributed by atoms with Gasteiger partial charge in [0, 0.05) is 17.5 Å². The van der Waals surface area contributed by atoms with Crippen molar-refractivity contribution < 1.29 is 33.3 Å². The van der Waals surface area contributed by atoms with E-state index in [-0.39, 0.29) is 19.1 Å². The second-order valence-corrected chi connectivity index (χ2v) is 8.74. The van der Waals surface area contributed by atoms with Crippen LogP contribution in [-0.4, -0.2) is 55.7 Å². The monoisotopic (exact) mass is 466 g/mol. The number of nitrogens with one attached hydrogen (secondary N) is 1. The third-order valence-electron chi connectivity index (χ3n) is 7.11. The Morgan fingerprint density at radius 2 is 1.85 bits per heavy atom. The third-order valence-corrected chi connectivity index (χ3v) is 7.11. The Morgan fingerprint density at radius 1 is 1.15 bits per heavy atom. The number of fused-ring (bicyclic) bond motifs is 6. The maximum absolute atomic E-state index is 14.1. The van der Waals surface area contributed by atoms with Gasteiger partial charge in [0.15, 0.2) is 0 Å². The van der Waals surface area contributed by atoms with E-state index in [4.69, 9.17) is 18.9 Å². The molecule has 3 aliphatic rings. The molecule has 3 aliphatic heterocycles. The van der Waals surface area contributed by atoms with E-state index in [1.165, 1.54) is 12.0 Å². The molecule has 3 heterocycles. The summed E-state index contributed by atoms with van der Waals surface area (Å²) in [5.74, 6) is -1.12. The molecule has 2 amide bonds. The minimum absolute atomic E-state index is 0.145. The first-order valence-electron chi connectivity index (χ1n) is 11.2. The number of anilines is 1. The molecule has 3 unspecified atom stereocenters. The van der Waals surface area contributed by atoms with Gasteiger partial charge in [0.25, 0.3) is 11.8 Å². The van der Waals surface area contributed by atoms with Crippen LogP contribution in [0.1, 0.15) is 35.8 Å². The van der Waals surface area contributed by atoms with Gasteiger partial charge in [-0.3, -0.25) is 14.4 Å². The van der Waals surface area contributed by atoms with Crippen LogP contribution in [-0.2, 0) is 14.3 Å². The molecule has 9 heteroatoms. The largest absolute Gasteiger partial charge is 0.497 e. The van der Waals surface area contributed by atoms with Gasteiger partial charge in [-0.15, -0.1) is 0 Å². The Morgan fingerprint density at radius 3 is 2.56 bits per heavy atom. The predicted octanol–water partition coefficient (Wildman–Crippen LogP) is 2.80. The van der Waals surface area contributed by atoms with Gasteiger partial charge >= 0.3 is 5.97 Å². The van der Waals surface area contributed by atoms with Gasteiger partial charge in [-0.05, 0) is 44.2 Å². The predicted molar refractivity (Wildman–Crippen MR) is 121 cm³/mol. The van der Waals surface area contributed by atoms with E-state index in [2.05, 4.69) is 5.32 Å². The number of nitrogens with zero attached hydrogens (tertiary/aromatic N) is 1. The molecule has 34 heavy (non-hydrogen) atoms. The number of hydrogen-bond donors (Lipinski definition) is 1. The molecular formula is C25H26N2O7. The van der Waals surface area contributed by atoms with Crippen molar-refractivity contribution in [2.24, 2.45) is 11.8 Å². The molecule has 1 saturated heterocycles. The topological polar surface area (TPSA) is 103 Å².